The topological polar surface area (TPSA) is 111 Å². The molecule has 1 aromatic heterocycles. The van der Waals surface area contributed by atoms with Gasteiger partial charge in [-0.25, -0.2) is 8.42 Å². The van der Waals surface area contributed by atoms with Gasteiger partial charge in [-0.2, -0.15) is 4.31 Å². The Morgan fingerprint density at radius 3 is 2.56 bits per heavy atom. The van der Waals surface area contributed by atoms with Crippen LogP contribution < -0.4 is 4.31 Å². The van der Waals surface area contributed by atoms with Gasteiger partial charge in [-0.3, -0.25) is 14.9 Å². The van der Waals surface area contributed by atoms with E-state index in [1.54, 1.807) is 12.1 Å². The summed E-state index contributed by atoms with van der Waals surface area (Å²) in [7, 11) is -4.59. The number of hydrogen-bond acceptors (Lipinski definition) is 6. The van der Waals surface area contributed by atoms with E-state index in [-0.39, 0.29) is 31.9 Å². The molecule has 0 unspecified atom stereocenters. The molecule has 184 valence electrons. The molecule has 36 heavy (non-hydrogen) atoms. The number of sulfonamides is 1. The van der Waals surface area contributed by atoms with Crippen LogP contribution in [0.1, 0.15) is 34.5 Å². The molecule has 0 saturated carbocycles. The second-order valence-corrected chi connectivity index (χ2v) is 10.9. The number of nitrogens with zero attached hydrogens (tertiary/aromatic N) is 2. The summed E-state index contributed by atoms with van der Waals surface area (Å²) in [6, 6.07) is 13.5. The molecule has 0 N–H and O–H groups in total. The Morgan fingerprint density at radius 1 is 1.00 bits per heavy atom. The highest BCUT2D eigenvalue weighted by atomic mass is 35.5. The number of furan rings is 1. The number of carbonyl (C=O) groups is 1. The van der Waals surface area contributed by atoms with E-state index >= 15 is 0 Å². The Labute approximate surface area is 216 Å². The van der Waals surface area contributed by atoms with Gasteiger partial charge in [-0.15, -0.1) is 0 Å². The van der Waals surface area contributed by atoms with Gasteiger partial charge < -0.3 is 4.42 Å². The van der Waals surface area contributed by atoms with Crippen LogP contribution >= 0.6 is 23.2 Å². The van der Waals surface area contributed by atoms with Crippen LogP contribution in [0.15, 0.2) is 70.0 Å². The first-order valence-electron chi connectivity index (χ1n) is 11.0. The van der Waals surface area contributed by atoms with Crippen molar-refractivity contribution in [2.24, 2.45) is 0 Å². The molecule has 0 aliphatic heterocycles. The Bertz CT molecular complexity index is 1650. The van der Waals surface area contributed by atoms with Gasteiger partial charge in [0.15, 0.2) is 0 Å². The monoisotopic (exact) mass is 544 g/mol. The van der Waals surface area contributed by atoms with Crippen LogP contribution in [-0.4, -0.2) is 19.2 Å². The number of anilines is 1. The standard InChI is InChI=1S/C25H18Cl2N2O6S/c26-16-8-10-21(27)24(13-16)36(33,34)28(25(30)15-4-3-5-18(12-15)29(31)32)17-9-11-23-20(14-17)19-6-1-2-7-22(19)35-23/h3-5,8-14H,1-2,6-7H2. The molecule has 1 amide bonds. The zero-order valence-electron chi connectivity index (χ0n) is 18.6. The van der Waals surface area contributed by atoms with Gasteiger partial charge in [0, 0.05) is 40.1 Å². The van der Waals surface area contributed by atoms with E-state index in [9.17, 15) is 23.3 Å². The maximum atomic E-state index is 13.9. The summed E-state index contributed by atoms with van der Waals surface area (Å²) in [5.74, 6) is -0.128. The summed E-state index contributed by atoms with van der Waals surface area (Å²) >= 11 is 12.3. The van der Waals surface area contributed by atoms with Crippen molar-refractivity contribution in [3.8, 4) is 0 Å². The average molecular weight is 545 g/mol. The van der Waals surface area contributed by atoms with Crippen LogP contribution in [-0.2, 0) is 22.9 Å². The fraction of sp³-hybridized carbons (Fsp3) is 0.160. The highest BCUT2D eigenvalue weighted by Gasteiger charge is 2.35. The van der Waals surface area contributed by atoms with E-state index in [4.69, 9.17) is 27.6 Å². The number of fused-ring (bicyclic) bond motifs is 3. The number of carbonyl (C=O) groups excluding carboxylic acids is 1. The SMILES string of the molecule is O=C(c1cccc([N+](=O)[O-])c1)N(c1ccc2oc3c(c2c1)CCCC3)S(=O)(=O)c1cc(Cl)ccc1Cl. The number of rotatable bonds is 5. The summed E-state index contributed by atoms with van der Waals surface area (Å²) in [5.41, 5.74) is 1.09. The molecule has 4 aromatic rings. The van der Waals surface area contributed by atoms with Crippen LogP contribution in [0.2, 0.25) is 10.0 Å². The second kappa shape index (κ2) is 9.24. The lowest BCUT2D eigenvalue weighted by molar-refractivity contribution is -0.384. The molecule has 3 aromatic carbocycles. The van der Waals surface area contributed by atoms with Crippen LogP contribution in [0.3, 0.4) is 0 Å². The lowest BCUT2D eigenvalue weighted by Gasteiger charge is -2.23. The summed E-state index contributed by atoms with van der Waals surface area (Å²) in [5, 5.41) is 12.0. The number of aryl methyl sites for hydroxylation is 2. The van der Waals surface area contributed by atoms with Gasteiger partial charge in [-0.1, -0.05) is 29.3 Å². The minimum atomic E-state index is -4.59. The van der Waals surface area contributed by atoms with E-state index in [1.807, 2.05) is 0 Å². The number of halogens is 2. The Hall–Kier alpha value is -3.40. The number of benzene rings is 3. The van der Waals surface area contributed by atoms with Crippen molar-refractivity contribution in [1.82, 2.24) is 0 Å². The molecule has 0 spiro atoms. The van der Waals surface area contributed by atoms with Crippen LogP contribution in [0.5, 0.6) is 0 Å². The summed E-state index contributed by atoms with van der Waals surface area (Å²) in [6.07, 6.45) is 3.53. The van der Waals surface area contributed by atoms with Crippen molar-refractivity contribution in [3.05, 3.63) is 97.7 Å². The second-order valence-electron chi connectivity index (χ2n) is 8.35. The number of nitro benzene ring substituents is 1. The fourth-order valence-corrected chi connectivity index (χ4v) is 6.53. The smallest absolute Gasteiger partial charge is 0.272 e. The number of amides is 1. The number of hydrogen-bond donors (Lipinski definition) is 0. The third kappa shape index (κ3) is 4.23. The molecular formula is C25H18Cl2N2O6S. The minimum absolute atomic E-state index is 0.0456. The highest BCUT2D eigenvalue weighted by molar-refractivity contribution is 7.93. The fourth-order valence-electron chi connectivity index (χ4n) is 4.39. The maximum absolute atomic E-state index is 13.9. The zero-order chi connectivity index (χ0) is 25.6. The molecule has 0 radical (unpaired) electrons. The van der Waals surface area contributed by atoms with Crippen molar-refractivity contribution >= 4 is 61.5 Å². The maximum Gasteiger partial charge on any atom is 0.272 e. The van der Waals surface area contributed by atoms with Crippen molar-refractivity contribution < 1.29 is 22.6 Å². The first-order valence-corrected chi connectivity index (χ1v) is 13.2. The molecule has 11 heteroatoms. The number of non-ortho nitro benzene ring substituents is 1. The van der Waals surface area contributed by atoms with Gasteiger partial charge in [0.1, 0.15) is 16.2 Å². The normalized spacial score (nSPS) is 13.4. The predicted molar refractivity (Wildman–Crippen MR) is 136 cm³/mol. The first-order chi connectivity index (χ1) is 17.2. The largest absolute Gasteiger partial charge is 0.461 e. The van der Waals surface area contributed by atoms with Gasteiger partial charge in [-0.05, 0) is 61.7 Å². The van der Waals surface area contributed by atoms with Gasteiger partial charge >= 0.3 is 0 Å². The summed E-state index contributed by atoms with van der Waals surface area (Å²) in [6.45, 7) is 0. The molecule has 8 nitrogen and oxygen atoms in total. The Morgan fingerprint density at radius 2 is 1.78 bits per heavy atom. The quantitative estimate of drug-likeness (QED) is 0.207. The average Bonchev–Trinajstić information content (AvgIpc) is 3.23. The van der Waals surface area contributed by atoms with Crippen molar-refractivity contribution in [3.63, 3.8) is 0 Å². The van der Waals surface area contributed by atoms with Crippen molar-refractivity contribution in [2.75, 3.05) is 4.31 Å². The van der Waals surface area contributed by atoms with E-state index in [2.05, 4.69) is 0 Å². The third-order valence-electron chi connectivity index (χ3n) is 6.07. The molecule has 1 aliphatic rings. The molecule has 1 heterocycles. The first kappa shape index (κ1) is 24.3. The van der Waals surface area contributed by atoms with E-state index < -0.39 is 20.9 Å². The summed E-state index contributed by atoms with van der Waals surface area (Å²) < 4.78 is 34.4. The van der Waals surface area contributed by atoms with Gasteiger partial charge in [0.2, 0.25) is 0 Å². The Balaban J connectivity index is 1.73. The molecule has 5 rings (SSSR count). The Kier molecular flexibility index (Phi) is 6.23. The molecule has 0 saturated heterocycles. The molecule has 1 aliphatic carbocycles. The molecule has 0 bridgehead atoms. The predicted octanol–water partition coefficient (Wildman–Crippen LogP) is 6.56. The van der Waals surface area contributed by atoms with Crippen LogP contribution in [0.25, 0.3) is 11.0 Å². The lowest BCUT2D eigenvalue weighted by Crippen LogP contribution is -2.37. The molecular weight excluding hydrogens is 527 g/mol. The van der Waals surface area contributed by atoms with Crippen LogP contribution in [0.4, 0.5) is 11.4 Å². The minimum Gasteiger partial charge on any atom is -0.461 e. The van der Waals surface area contributed by atoms with E-state index in [0.717, 1.165) is 49.1 Å². The molecule has 0 fully saturated rings. The van der Waals surface area contributed by atoms with Gasteiger partial charge in [0.05, 0.1) is 15.6 Å². The highest BCUT2D eigenvalue weighted by Crippen LogP contribution is 2.37. The molecule has 0 atom stereocenters. The van der Waals surface area contributed by atoms with E-state index in [1.165, 1.54) is 36.4 Å². The van der Waals surface area contributed by atoms with Crippen molar-refractivity contribution in [1.29, 1.82) is 0 Å². The lowest BCUT2D eigenvalue weighted by atomic mass is 9.96. The van der Waals surface area contributed by atoms with Gasteiger partial charge in [0.25, 0.3) is 21.6 Å². The number of nitro groups is 1. The zero-order valence-corrected chi connectivity index (χ0v) is 20.9. The summed E-state index contributed by atoms with van der Waals surface area (Å²) in [4.78, 5) is 24.0. The van der Waals surface area contributed by atoms with E-state index in [0.29, 0.717) is 15.3 Å². The van der Waals surface area contributed by atoms with Crippen LogP contribution in [0, 0.1) is 10.1 Å². The van der Waals surface area contributed by atoms with Crippen molar-refractivity contribution in [2.45, 2.75) is 30.6 Å². The third-order valence-corrected chi connectivity index (χ3v) is 8.50.